The van der Waals surface area contributed by atoms with Gasteiger partial charge in [0.2, 0.25) is 5.95 Å². The van der Waals surface area contributed by atoms with E-state index in [0.29, 0.717) is 22.5 Å². The standard InChI is InChI=1S/C16H20FN3O3S/c1-10(2)14-13(8-21)15(11-4-6-12(17)7-5-11)19-16(18-14)20(3)9-24(22)23/h4-7,10,21H,8-9H2,1-3H3,(H,22,23). The Morgan fingerprint density at radius 1 is 1.25 bits per heavy atom. The third-order valence-corrected chi connectivity index (χ3v) is 4.10. The number of hydrogen-bond acceptors (Lipinski definition) is 5. The molecule has 0 saturated heterocycles. The number of anilines is 1. The van der Waals surface area contributed by atoms with E-state index in [-0.39, 0.29) is 30.2 Å². The Kier molecular flexibility index (Phi) is 5.98. The molecule has 24 heavy (non-hydrogen) atoms. The van der Waals surface area contributed by atoms with Crippen LogP contribution in [0.4, 0.5) is 10.3 Å². The van der Waals surface area contributed by atoms with E-state index in [4.69, 9.17) is 4.55 Å². The van der Waals surface area contributed by atoms with Gasteiger partial charge in [-0.1, -0.05) is 13.8 Å². The van der Waals surface area contributed by atoms with Crippen LogP contribution < -0.4 is 4.90 Å². The first-order valence-corrected chi connectivity index (χ1v) is 8.67. The molecule has 0 radical (unpaired) electrons. The number of aliphatic hydroxyl groups excluding tert-OH is 1. The molecule has 130 valence electrons. The molecule has 0 bridgehead atoms. The molecule has 2 aromatic rings. The van der Waals surface area contributed by atoms with Crippen LogP contribution >= 0.6 is 0 Å². The summed E-state index contributed by atoms with van der Waals surface area (Å²) in [5.74, 6) is -0.215. The lowest BCUT2D eigenvalue weighted by atomic mass is 9.99. The maximum atomic E-state index is 13.2. The molecule has 1 aromatic carbocycles. The summed E-state index contributed by atoms with van der Waals surface area (Å²) >= 11 is -2.03. The van der Waals surface area contributed by atoms with E-state index < -0.39 is 11.1 Å². The van der Waals surface area contributed by atoms with Gasteiger partial charge in [0.15, 0.2) is 11.1 Å². The molecule has 0 amide bonds. The highest BCUT2D eigenvalue weighted by Gasteiger charge is 2.19. The van der Waals surface area contributed by atoms with Crippen LogP contribution in [0.3, 0.4) is 0 Å². The summed E-state index contributed by atoms with van der Waals surface area (Å²) in [5, 5.41) is 9.78. The molecule has 0 saturated carbocycles. The van der Waals surface area contributed by atoms with E-state index >= 15 is 0 Å². The van der Waals surface area contributed by atoms with Crippen LogP contribution in [-0.4, -0.2) is 36.8 Å². The van der Waals surface area contributed by atoms with Gasteiger partial charge >= 0.3 is 0 Å². The lowest BCUT2D eigenvalue weighted by Gasteiger charge is -2.21. The number of benzene rings is 1. The minimum atomic E-state index is -2.03. The molecule has 6 nitrogen and oxygen atoms in total. The van der Waals surface area contributed by atoms with Gasteiger partial charge in [0.1, 0.15) is 11.7 Å². The third-order valence-electron chi connectivity index (χ3n) is 3.50. The number of rotatable bonds is 6. The zero-order chi connectivity index (χ0) is 17.9. The van der Waals surface area contributed by atoms with Gasteiger partial charge in [-0.3, -0.25) is 0 Å². The maximum Gasteiger partial charge on any atom is 0.226 e. The minimum Gasteiger partial charge on any atom is -0.392 e. The van der Waals surface area contributed by atoms with Gasteiger partial charge in [0.25, 0.3) is 0 Å². The number of nitrogens with zero attached hydrogens (tertiary/aromatic N) is 3. The SMILES string of the molecule is CC(C)c1nc(N(C)CS(=O)O)nc(-c2ccc(F)cc2)c1CO. The summed E-state index contributed by atoms with van der Waals surface area (Å²) in [4.78, 5) is 10.3. The zero-order valence-corrected chi connectivity index (χ0v) is 14.5. The van der Waals surface area contributed by atoms with Crippen molar-refractivity contribution in [2.24, 2.45) is 0 Å². The molecule has 2 N–H and O–H groups in total. The average molecular weight is 353 g/mol. The van der Waals surface area contributed by atoms with Crippen LogP contribution in [0.25, 0.3) is 11.3 Å². The summed E-state index contributed by atoms with van der Waals surface area (Å²) in [6.07, 6.45) is 0. The topological polar surface area (TPSA) is 86.6 Å². The zero-order valence-electron chi connectivity index (χ0n) is 13.7. The first-order chi connectivity index (χ1) is 11.3. The molecule has 1 atom stereocenters. The number of halogens is 1. The van der Waals surface area contributed by atoms with Crippen LogP contribution in [0.15, 0.2) is 24.3 Å². The Labute approximate surface area is 142 Å². The van der Waals surface area contributed by atoms with Crippen molar-refractivity contribution in [2.75, 3.05) is 17.8 Å². The second-order valence-electron chi connectivity index (χ2n) is 5.70. The van der Waals surface area contributed by atoms with Gasteiger partial charge in [0.05, 0.1) is 18.0 Å². The lowest BCUT2D eigenvalue weighted by molar-refractivity contribution is 0.279. The monoisotopic (exact) mass is 353 g/mol. The molecule has 1 heterocycles. The summed E-state index contributed by atoms with van der Waals surface area (Å²) in [6, 6.07) is 5.80. The normalized spacial score (nSPS) is 12.5. The number of hydrogen-bond donors (Lipinski definition) is 2. The second kappa shape index (κ2) is 7.78. The summed E-state index contributed by atoms with van der Waals surface area (Å²) in [7, 11) is 1.61. The summed E-state index contributed by atoms with van der Waals surface area (Å²) in [5.41, 5.74) is 2.35. The Hall–Kier alpha value is -1.90. The quantitative estimate of drug-likeness (QED) is 0.776. The number of aromatic nitrogens is 2. The van der Waals surface area contributed by atoms with Crippen molar-refractivity contribution in [3.8, 4) is 11.3 Å². The Morgan fingerprint density at radius 2 is 1.88 bits per heavy atom. The predicted octanol–water partition coefficient (Wildman–Crippen LogP) is 2.51. The molecule has 1 aromatic heterocycles. The van der Waals surface area contributed by atoms with Crippen LogP contribution in [-0.2, 0) is 17.7 Å². The van der Waals surface area contributed by atoms with Crippen LogP contribution in [0, 0.1) is 5.82 Å². The minimum absolute atomic E-state index is 0.0149. The molecular weight excluding hydrogens is 333 g/mol. The maximum absolute atomic E-state index is 13.2. The first kappa shape index (κ1) is 18.4. The third kappa shape index (κ3) is 4.14. The molecule has 8 heteroatoms. The van der Waals surface area contributed by atoms with Crippen LogP contribution in [0.5, 0.6) is 0 Å². The highest BCUT2D eigenvalue weighted by Crippen LogP contribution is 2.30. The molecule has 0 aliphatic carbocycles. The van der Waals surface area contributed by atoms with Gasteiger partial charge in [-0.2, -0.15) is 0 Å². The smallest absolute Gasteiger partial charge is 0.226 e. The van der Waals surface area contributed by atoms with Crippen LogP contribution in [0.2, 0.25) is 0 Å². The summed E-state index contributed by atoms with van der Waals surface area (Å²) in [6.45, 7) is 3.62. The highest BCUT2D eigenvalue weighted by atomic mass is 32.2. The van der Waals surface area contributed by atoms with Gasteiger partial charge in [-0.15, -0.1) is 0 Å². The molecule has 0 aliphatic heterocycles. The lowest BCUT2D eigenvalue weighted by Crippen LogP contribution is -2.25. The van der Waals surface area contributed by atoms with Crippen molar-refractivity contribution in [3.63, 3.8) is 0 Å². The fourth-order valence-electron chi connectivity index (χ4n) is 2.36. The van der Waals surface area contributed by atoms with Gasteiger partial charge in [0, 0.05) is 18.2 Å². The van der Waals surface area contributed by atoms with E-state index in [1.165, 1.54) is 17.0 Å². The molecule has 1 unspecified atom stereocenters. The second-order valence-corrected chi connectivity index (χ2v) is 6.61. The first-order valence-electron chi connectivity index (χ1n) is 7.39. The Morgan fingerprint density at radius 3 is 2.38 bits per heavy atom. The van der Waals surface area contributed by atoms with E-state index in [1.54, 1.807) is 19.2 Å². The summed E-state index contributed by atoms with van der Waals surface area (Å²) < 4.78 is 33.3. The fraction of sp³-hybridized carbons (Fsp3) is 0.375. The van der Waals surface area contributed by atoms with Crippen molar-refractivity contribution in [1.29, 1.82) is 0 Å². The predicted molar refractivity (Wildman–Crippen MR) is 91.5 cm³/mol. The molecule has 0 fully saturated rings. The van der Waals surface area contributed by atoms with E-state index in [2.05, 4.69) is 9.97 Å². The van der Waals surface area contributed by atoms with Gasteiger partial charge in [-0.05, 0) is 30.2 Å². The highest BCUT2D eigenvalue weighted by molar-refractivity contribution is 7.79. The van der Waals surface area contributed by atoms with E-state index in [9.17, 15) is 13.7 Å². The van der Waals surface area contributed by atoms with Crippen LogP contribution in [0.1, 0.15) is 31.0 Å². The Bertz CT molecular complexity index is 738. The van der Waals surface area contributed by atoms with Crippen molar-refractivity contribution in [3.05, 3.63) is 41.3 Å². The van der Waals surface area contributed by atoms with E-state index in [0.717, 1.165) is 0 Å². The van der Waals surface area contributed by atoms with Gasteiger partial charge < -0.3 is 14.6 Å². The largest absolute Gasteiger partial charge is 0.392 e. The average Bonchev–Trinajstić information content (AvgIpc) is 2.53. The fourth-order valence-corrected chi connectivity index (χ4v) is 2.81. The molecule has 2 rings (SSSR count). The van der Waals surface area contributed by atoms with Crippen molar-refractivity contribution in [1.82, 2.24) is 9.97 Å². The van der Waals surface area contributed by atoms with E-state index in [1.807, 2.05) is 13.8 Å². The Balaban J connectivity index is 2.63. The van der Waals surface area contributed by atoms with Crippen molar-refractivity contribution >= 4 is 17.0 Å². The van der Waals surface area contributed by atoms with Crippen molar-refractivity contribution in [2.45, 2.75) is 26.4 Å². The van der Waals surface area contributed by atoms with Crippen molar-refractivity contribution < 1.29 is 18.3 Å². The molecular formula is C16H20FN3O3S. The molecule has 0 spiro atoms. The van der Waals surface area contributed by atoms with Gasteiger partial charge in [-0.25, -0.2) is 18.6 Å². The number of aliphatic hydroxyl groups is 1. The molecule has 0 aliphatic rings.